The van der Waals surface area contributed by atoms with E-state index in [0.29, 0.717) is 55.5 Å². The van der Waals surface area contributed by atoms with Crippen LogP contribution in [0.3, 0.4) is 0 Å². The minimum absolute atomic E-state index is 0.0126. The van der Waals surface area contributed by atoms with E-state index in [1.54, 1.807) is 29.2 Å². The molecular formula is C25H30ClF3N4O2. The van der Waals surface area contributed by atoms with Crippen LogP contribution in [0.15, 0.2) is 42.5 Å². The number of amides is 1. The van der Waals surface area contributed by atoms with E-state index in [2.05, 4.69) is 10.2 Å². The van der Waals surface area contributed by atoms with Crippen molar-refractivity contribution in [2.75, 3.05) is 56.0 Å². The first-order valence-electron chi connectivity index (χ1n) is 11.8. The van der Waals surface area contributed by atoms with E-state index >= 15 is 0 Å². The number of carbonyl (C=O) groups excluding carboxylic acids is 1. The number of carbonyl (C=O) groups is 1. The van der Waals surface area contributed by atoms with Gasteiger partial charge in [-0.2, -0.15) is 13.2 Å². The molecule has 2 N–H and O–H groups in total. The predicted octanol–water partition coefficient (Wildman–Crippen LogP) is 4.23. The van der Waals surface area contributed by atoms with Crippen molar-refractivity contribution >= 4 is 28.9 Å². The molecule has 2 fully saturated rings. The summed E-state index contributed by atoms with van der Waals surface area (Å²) in [5.74, 6) is -0.243. The molecule has 2 aliphatic heterocycles. The van der Waals surface area contributed by atoms with Gasteiger partial charge in [-0.3, -0.25) is 14.6 Å². The number of rotatable bonds is 7. The molecule has 0 aromatic heterocycles. The van der Waals surface area contributed by atoms with E-state index in [1.807, 2.05) is 23.1 Å². The fourth-order valence-electron chi connectivity index (χ4n) is 4.64. The maximum absolute atomic E-state index is 13.3. The molecule has 35 heavy (non-hydrogen) atoms. The normalized spacial score (nSPS) is 19.8. The maximum Gasteiger partial charge on any atom is 0.390 e. The minimum atomic E-state index is -4.16. The van der Waals surface area contributed by atoms with Crippen LogP contribution in [0.1, 0.15) is 28.8 Å². The lowest BCUT2D eigenvalue weighted by Crippen LogP contribution is -2.47. The number of aliphatic hydroxyl groups excluding tert-OH is 1. The number of nitrogens with zero attached hydrogens (tertiary/aromatic N) is 3. The van der Waals surface area contributed by atoms with Gasteiger partial charge in [0.2, 0.25) is 0 Å². The van der Waals surface area contributed by atoms with Crippen molar-refractivity contribution in [3.8, 4) is 0 Å². The number of hydrogen-bond donors (Lipinski definition) is 2. The molecule has 0 aliphatic carbocycles. The van der Waals surface area contributed by atoms with Gasteiger partial charge >= 0.3 is 6.18 Å². The molecule has 0 bridgehead atoms. The Hall–Kier alpha value is -2.33. The van der Waals surface area contributed by atoms with Gasteiger partial charge in [-0.15, -0.1) is 0 Å². The Bertz CT molecular complexity index is 1030. The highest BCUT2D eigenvalue weighted by Gasteiger charge is 2.29. The molecule has 4 rings (SSSR count). The van der Waals surface area contributed by atoms with E-state index in [1.165, 1.54) is 0 Å². The summed E-state index contributed by atoms with van der Waals surface area (Å²) in [7, 11) is 0. The molecule has 2 aromatic carbocycles. The number of aliphatic hydroxyl groups is 1. The lowest BCUT2D eigenvalue weighted by Gasteiger charge is -2.37. The van der Waals surface area contributed by atoms with Crippen LogP contribution in [0.25, 0.3) is 0 Å². The number of alkyl halides is 3. The Balaban J connectivity index is 1.44. The van der Waals surface area contributed by atoms with Crippen LogP contribution in [-0.4, -0.2) is 78.9 Å². The molecule has 2 aliphatic rings. The second-order valence-corrected chi connectivity index (χ2v) is 9.58. The Labute approximate surface area is 208 Å². The van der Waals surface area contributed by atoms with Crippen LogP contribution >= 0.6 is 11.6 Å². The third kappa shape index (κ3) is 7.10. The Morgan fingerprint density at radius 2 is 1.80 bits per heavy atom. The van der Waals surface area contributed by atoms with Gasteiger partial charge in [0.1, 0.15) is 0 Å². The molecule has 0 radical (unpaired) electrons. The molecule has 0 spiro atoms. The van der Waals surface area contributed by atoms with Gasteiger partial charge in [0.25, 0.3) is 5.91 Å². The monoisotopic (exact) mass is 510 g/mol. The van der Waals surface area contributed by atoms with Crippen molar-refractivity contribution in [3.05, 3.63) is 58.6 Å². The molecule has 190 valence electrons. The van der Waals surface area contributed by atoms with Crippen LogP contribution in [0, 0.1) is 0 Å². The molecule has 1 amide bonds. The summed E-state index contributed by atoms with van der Waals surface area (Å²) in [6, 6.07) is 12.7. The molecule has 2 heterocycles. The molecule has 0 saturated carbocycles. The largest absolute Gasteiger partial charge is 0.392 e. The zero-order chi connectivity index (χ0) is 25.0. The summed E-state index contributed by atoms with van der Waals surface area (Å²) in [6.45, 7) is 4.01. The average molecular weight is 511 g/mol. The molecule has 1 unspecified atom stereocenters. The highest BCUT2D eigenvalue weighted by Crippen LogP contribution is 2.31. The lowest BCUT2D eigenvalue weighted by atomic mass is 10.1. The van der Waals surface area contributed by atoms with Gasteiger partial charge in [0.15, 0.2) is 0 Å². The summed E-state index contributed by atoms with van der Waals surface area (Å²) in [4.78, 5) is 19.3. The number of likely N-dealkylation sites (tertiary alicyclic amines) is 1. The van der Waals surface area contributed by atoms with E-state index in [0.717, 1.165) is 24.2 Å². The van der Waals surface area contributed by atoms with Gasteiger partial charge in [0.05, 0.1) is 23.9 Å². The van der Waals surface area contributed by atoms with Crippen molar-refractivity contribution in [3.63, 3.8) is 0 Å². The number of anilines is 2. The number of nitrogens with one attached hydrogen (secondary N) is 1. The molecule has 6 nitrogen and oxygen atoms in total. The van der Waals surface area contributed by atoms with Crippen molar-refractivity contribution in [1.82, 2.24) is 9.80 Å². The van der Waals surface area contributed by atoms with Gasteiger partial charge in [-0.25, -0.2) is 0 Å². The van der Waals surface area contributed by atoms with Crippen molar-refractivity contribution < 1.29 is 23.1 Å². The second-order valence-electron chi connectivity index (χ2n) is 9.14. The number of benzene rings is 2. The van der Waals surface area contributed by atoms with Crippen LogP contribution in [0.5, 0.6) is 0 Å². The van der Waals surface area contributed by atoms with Crippen molar-refractivity contribution in [2.45, 2.75) is 31.7 Å². The van der Waals surface area contributed by atoms with Crippen LogP contribution < -0.4 is 10.2 Å². The van der Waals surface area contributed by atoms with Crippen molar-refractivity contribution in [1.29, 1.82) is 0 Å². The first kappa shape index (κ1) is 25.8. The summed E-state index contributed by atoms with van der Waals surface area (Å²) < 4.78 is 37.7. The van der Waals surface area contributed by atoms with Crippen LogP contribution in [0.4, 0.5) is 24.5 Å². The highest BCUT2D eigenvalue weighted by atomic mass is 35.5. The fourth-order valence-corrected chi connectivity index (χ4v) is 4.80. The summed E-state index contributed by atoms with van der Waals surface area (Å²) in [5.41, 5.74) is 2.80. The molecular weight excluding hydrogens is 481 g/mol. The van der Waals surface area contributed by atoms with Crippen LogP contribution in [0.2, 0.25) is 5.02 Å². The van der Waals surface area contributed by atoms with Gasteiger partial charge in [-0.05, 0) is 36.2 Å². The number of halogens is 4. The third-order valence-electron chi connectivity index (χ3n) is 6.54. The zero-order valence-corrected chi connectivity index (χ0v) is 20.2. The number of hydrogen-bond acceptors (Lipinski definition) is 5. The third-order valence-corrected chi connectivity index (χ3v) is 6.77. The molecule has 1 atom stereocenters. The first-order valence-corrected chi connectivity index (χ1v) is 12.2. The lowest BCUT2D eigenvalue weighted by molar-refractivity contribution is -0.138. The van der Waals surface area contributed by atoms with Crippen molar-refractivity contribution in [2.24, 2.45) is 0 Å². The predicted molar refractivity (Wildman–Crippen MR) is 131 cm³/mol. The van der Waals surface area contributed by atoms with Crippen LogP contribution in [-0.2, 0) is 6.54 Å². The fraction of sp³-hybridized carbons (Fsp3) is 0.480. The quantitative estimate of drug-likeness (QED) is 0.584. The first-order chi connectivity index (χ1) is 16.7. The average Bonchev–Trinajstić information content (AvgIpc) is 3.23. The number of piperazine rings is 1. The van der Waals surface area contributed by atoms with E-state index < -0.39 is 12.6 Å². The Kier molecular flexibility index (Phi) is 8.21. The standard InChI is InChI=1S/C25H30ClF3N4O2/c26-19-5-6-22(23(15-19)33-13-11-31(12-14-33)10-8-25(27,28)29)30-24(35)21-4-2-1-3-18(21)16-32-9-7-20(34)17-32/h1-6,15,20,34H,7-14,16-17H2,(H,30,35). The van der Waals surface area contributed by atoms with Gasteiger partial charge in [-0.1, -0.05) is 29.8 Å². The Morgan fingerprint density at radius 1 is 1.06 bits per heavy atom. The minimum Gasteiger partial charge on any atom is -0.392 e. The second kappa shape index (κ2) is 11.2. The SMILES string of the molecule is O=C(Nc1ccc(Cl)cc1N1CCN(CCC(F)(F)F)CC1)c1ccccc1CN1CCC(O)C1. The molecule has 10 heteroatoms. The highest BCUT2D eigenvalue weighted by molar-refractivity contribution is 6.31. The van der Waals surface area contributed by atoms with Gasteiger partial charge in [0, 0.05) is 62.9 Å². The smallest absolute Gasteiger partial charge is 0.390 e. The van der Waals surface area contributed by atoms with E-state index in [9.17, 15) is 23.1 Å². The molecule has 2 aromatic rings. The van der Waals surface area contributed by atoms with E-state index in [4.69, 9.17) is 11.6 Å². The maximum atomic E-state index is 13.3. The summed E-state index contributed by atoms with van der Waals surface area (Å²) in [5, 5.41) is 13.4. The summed E-state index contributed by atoms with van der Waals surface area (Å²) in [6.07, 6.45) is -4.58. The Morgan fingerprint density at radius 3 is 2.49 bits per heavy atom. The van der Waals surface area contributed by atoms with Gasteiger partial charge < -0.3 is 15.3 Å². The topological polar surface area (TPSA) is 59.1 Å². The molecule has 2 saturated heterocycles. The zero-order valence-electron chi connectivity index (χ0n) is 19.4. The number of β-amino-alcohol motifs (C(OH)–C–C–N with tert-alkyl or cyclic N) is 1. The van der Waals surface area contributed by atoms with E-state index in [-0.39, 0.29) is 18.6 Å². The summed E-state index contributed by atoms with van der Waals surface area (Å²) >= 11 is 6.25.